The zero-order chi connectivity index (χ0) is 24.9. The van der Waals surface area contributed by atoms with Crippen molar-refractivity contribution >= 4 is 33.8 Å². The van der Waals surface area contributed by atoms with E-state index in [1.165, 1.54) is 16.9 Å². The highest BCUT2D eigenvalue weighted by molar-refractivity contribution is 6.08. The van der Waals surface area contributed by atoms with Gasteiger partial charge in [-0.2, -0.15) is 23.1 Å². The second kappa shape index (κ2) is 8.12. The van der Waals surface area contributed by atoms with E-state index in [4.69, 9.17) is 5.73 Å². The fourth-order valence-electron chi connectivity index (χ4n) is 4.02. The Labute approximate surface area is 197 Å². The zero-order valence-electron chi connectivity index (χ0n) is 18.7. The van der Waals surface area contributed by atoms with E-state index >= 15 is 0 Å². The maximum Gasteiger partial charge on any atom is 0.416 e. The highest BCUT2D eigenvalue weighted by atomic mass is 19.4. The smallest absolute Gasteiger partial charge is 0.384 e. The minimum absolute atomic E-state index is 0.317. The molecule has 0 fully saturated rings. The van der Waals surface area contributed by atoms with Crippen LogP contribution in [0.25, 0.3) is 27.8 Å². The molecule has 3 heterocycles. The summed E-state index contributed by atoms with van der Waals surface area (Å²) in [6.07, 6.45) is -4.43. The monoisotopic (exact) mass is 479 g/mol. The van der Waals surface area contributed by atoms with Crippen LogP contribution < -0.4 is 11.1 Å². The molecule has 0 radical (unpaired) electrons. The largest absolute Gasteiger partial charge is 0.416 e. The number of aryl methyl sites for hydroxylation is 1. The van der Waals surface area contributed by atoms with Crippen LogP contribution in [0.3, 0.4) is 0 Å². The number of carbonyl (C=O) groups excluding carboxylic acids is 1. The number of hydrogen-bond acceptors (Lipinski definition) is 5. The van der Waals surface area contributed by atoms with E-state index in [1.807, 2.05) is 0 Å². The molecule has 0 spiro atoms. The summed E-state index contributed by atoms with van der Waals surface area (Å²) in [6, 6.07) is 14.7. The van der Waals surface area contributed by atoms with Crippen LogP contribution in [-0.2, 0) is 13.2 Å². The number of anilines is 1. The second-order valence-corrected chi connectivity index (χ2v) is 8.16. The number of alkyl halides is 3. The van der Waals surface area contributed by atoms with Crippen LogP contribution >= 0.6 is 0 Å². The molecule has 3 aromatic heterocycles. The first-order valence-corrected chi connectivity index (χ1v) is 10.7. The number of carbonyl (C=O) groups is 1. The fourth-order valence-corrected chi connectivity index (χ4v) is 4.02. The van der Waals surface area contributed by atoms with Gasteiger partial charge in [0.25, 0.3) is 5.91 Å². The van der Waals surface area contributed by atoms with E-state index in [2.05, 4.69) is 20.5 Å². The minimum atomic E-state index is -4.43. The molecule has 5 rings (SSSR count). The molecular weight excluding hydrogens is 459 g/mol. The van der Waals surface area contributed by atoms with Crippen molar-refractivity contribution in [2.24, 2.45) is 7.05 Å². The van der Waals surface area contributed by atoms with Crippen LogP contribution in [0.15, 0.2) is 60.7 Å². The predicted molar refractivity (Wildman–Crippen MR) is 125 cm³/mol. The normalized spacial score (nSPS) is 12.8. The van der Waals surface area contributed by atoms with E-state index < -0.39 is 11.7 Å². The first kappa shape index (κ1) is 22.4. The van der Waals surface area contributed by atoms with Gasteiger partial charge in [0.15, 0.2) is 5.65 Å². The van der Waals surface area contributed by atoms with E-state index in [-0.39, 0.29) is 11.9 Å². The lowest BCUT2D eigenvalue weighted by molar-refractivity contribution is -0.137. The van der Waals surface area contributed by atoms with Gasteiger partial charge in [0, 0.05) is 23.7 Å². The van der Waals surface area contributed by atoms with Crippen molar-refractivity contribution in [1.29, 1.82) is 0 Å². The van der Waals surface area contributed by atoms with Crippen molar-refractivity contribution in [2.45, 2.75) is 19.1 Å². The lowest BCUT2D eigenvalue weighted by Crippen LogP contribution is -2.27. The number of nitrogen functional groups attached to an aromatic ring is 1. The first-order valence-electron chi connectivity index (χ1n) is 10.7. The molecule has 178 valence electrons. The summed E-state index contributed by atoms with van der Waals surface area (Å²) in [6.45, 7) is 1.81. The van der Waals surface area contributed by atoms with Crippen LogP contribution in [0.2, 0.25) is 0 Å². The number of aromatic nitrogens is 5. The molecule has 0 aliphatic rings. The SMILES string of the molecule is C[C@H](NC(=O)c1ccc2c(c1)c1nn(C)nc1n2-c1ccc(C(F)(F)F)cc1)c1cccc(N)n1. The van der Waals surface area contributed by atoms with Crippen molar-refractivity contribution in [2.75, 3.05) is 5.73 Å². The number of amides is 1. The number of hydrogen-bond donors (Lipinski definition) is 2. The number of pyridine rings is 1. The Balaban J connectivity index is 1.54. The summed E-state index contributed by atoms with van der Waals surface area (Å²) in [7, 11) is 1.65. The van der Waals surface area contributed by atoms with Gasteiger partial charge in [-0.3, -0.25) is 9.36 Å². The maximum absolute atomic E-state index is 13.0. The number of nitrogens with zero attached hydrogens (tertiary/aromatic N) is 5. The summed E-state index contributed by atoms with van der Waals surface area (Å²) in [4.78, 5) is 18.6. The van der Waals surface area contributed by atoms with Crippen molar-refractivity contribution in [1.82, 2.24) is 29.9 Å². The molecule has 1 atom stereocenters. The van der Waals surface area contributed by atoms with Crippen molar-refractivity contribution in [3.05, 3.63) is 77.5 Å². The molecule has 3 N–H and O–H groups in total. The van der Waals surface area contributed by atoms with Crippen LogP contribution in [0.4, 0.5) is 19.0 Å². The van der Waals surface area contributed by atoms with Crippen LogP contribution in [-0.4, -0.2) is 30.5 Å². The third kappa shape index (κ3) is 4.05. The Kier molecular flexibility index (Phi) is 5.19. The average molecular weight is 479 g/mol. The van der Waals surface area contributed by atoms with Crippen molar-refractivity contribution < 1.29 is 18.0 Å². The van der Waals surface area contributed by atoms with Gasteiger partial charge in [-0.05, 0) is 61.5 Å². The molecule has 2 aromatic carbocycles. The number of halogens is 3. The number of benzene rings is 2. The van der Waals surface area contributed by atoms with Crippen LogP contribution in [0.1, 0.15) is 34.6 Å². The topological polar surface area (TPSA) is 104 Å². The Bertz CT molecular complexity index is 1570. The Morgan fingerprint density at radius 1 is 1.06 bits per heavy atom. The highest BCUT2D eigenvalue weighted by Gasteiger charge is 2.30. The Morgan fingerprint density at radius 3 is 2.49 bits per heavy atom. The van der Waals surface area contributed by atoms with E-state index in [0.717, 1.165) is 12.1 Å². The highest BCUT2D eigenvalue weighted by Crippen LogP contribution is 2.33. The van der Waals surface area contributed by atoms with Gasteiger partial charge in [0.2, 0.25) is 0 Å². The molecule has 1 amide bonds. The lowest BCUT2D eigenvalue weighted by atomic mass is 10.1. The van der Waals surface area contributed by atoms with Crippen molar-refractivity contribution in [3.63, 3.8) is 0 Å². The van der Waals surface area contributed by atoms with E-state index in [1.54, 1.807) is 54.9 Å². The molecule has 11 heteroatoms. The molecule has 0 aliphatic carbocycles. The number of nitrogens with one attached hydrogen (secondary N) is 1. The van der Waals surface area contributed by atoms with Crippen LogP contribution in [0, 0.1) is 0 Å². The minimum Gasteiger partial charge on any atom is -0.384 e. The van der Waals surface area contributed by atoms with Gasteiger partial charge in [0.1, 0.15) is 11.3 Å². The molecule has 0 aliphatic heterocycles. The quantitative estimate of drug-likeness (QED) is 0.398. The summed E-state index contributed by atoms with van der Waals surface area (Å²) in [5, 5.41) is 12.4. The molecule has 8 nitrogen and oxygen atoms in total. The molecular formula is C24H20F3N7O. The number of rotatable bonds is 4. The van der Waals surface area contributed by atoms with Crippen molar-refractivity contribution in [3.8, 4) is 5.69 Å². The predicted octanol–water partition coefficient (Wildman–Crippen LogP) is 4.40. The van der Waals surface area contributed by atoms with Gasteiger partial charge in [-0.1, -0.05) is 6.07 Å². The maximum atomic E-state index is 13.0. The molecule has 0 bridgehead atoms. The first-order chi connectivity index (χ1) is 16.6. The fraction of sp³-hybridized carbons (Fsp3) is 0.167. The summed E-state index contributed by atoms with van der Waals surface area (Å²) in [5.41, 5.74) is 8.18. The van der Waals surface area contributed by atoms with Gasteiger partial charge in [0.05, 0.1) is 22.8 Å². The standard InChI is InChI=1S/C24H20F3N7O/c1-13(18-4-3-5-20(28)30-18)29-23(35)14-6-11-19-17(12-14)21-22(32-33(2)31-21)34(19)16-9-7-15(8-10-16)24(25,26)27/h3-13H,1-2H3,(H2,28,30)(H,29,35)/t13-/m0/s1. The Hall–Kier alpha value is -4.41. The third-order valence-corrected chi connectivity index (χ3v) is 5.70. The van der Waals surface area contributed by atoms with Gasteiger partial charge in [-0.15, -0.1) is 5.10 Å². The van der Waals surface area contributed by atoms with E-state index in [9.17, 15) is 18.0 Å². The molecule has 0 saturated carbocycles. The second-order valence-electron chi connectivity index (χ2n) is 8.16. The van der Waals surface area contributed by atoms with E-state index in [0.29, 0.717) is 44.8 Å². The molecule has 35 heavy (non-hydrogen) atoms. The summed E-state index contributed by atoms with van der Waals surface area (Å²) >= 11 is 0. The third-order valence-electron chi connectivity index (χ3n) is 5.70. The summed E-state index contributed by atoms with van der Waals surface area (Å²) < 4.78 is 40.8. The molecule has 5 aromatic rings. The van der Waals surface area contributed by atoms with Crippen LogP contribution in [0.5, 0.6) is 0 Å². The summed E-state index contributed by atoms with van der Waals surface area (Å²) in [5.74, 6) is 0.0441. The number of nitrogens with two attached hydrogens (primary N) is 1. The van der Waals surface area contributed by atoms with Gasteiger partial charge in [-0.25, -0.2) is 4.98 Å². The number of fused-ring (bicyclic) bond motifs is 3. The van der Waals surface area contributed by atoms with Gasteiger partial charge < -0.3 is 11.1 Å². The zero-order valence-corrected chi connectivity index (χ0v) is 18.7. The molecule has 0 unspecified atom stereocenters. The Morgan fingerprint density at radius 2 is 1.80 bits per heavy atom. The average Bonchev–Trinajstić information content (AvgIpc) is 3.32. The lowest BCUT2D eigenvalue weighted by Gasteiger charge is -2.14. The molecule has 0 saturated heterocycles. The van der Waals surface area contributed by atoms with Gasteiger partial charge >= 0.3 is 6.18 Å².